The zero-order valence-corrected chi connectivity index (χ0v) is 7.58. The van der Waals surface area contributed by atoms with E-state index in [0.717, 1.165) is 12.7 Å². The lowest BCUT2D eigenvalue weighted by molar-refractivity contribution is -0.109. The molecule has 0 radical (unpaired) electrons. The molecule has 66 valence electrons. The van der Waals surface area contributed by atoms with Crippen LogP contribution < -0.4 is 5.32 Å². The quantitative estimate of drug-likeness (QED) is 0.630. The average Bonchev–Trinajstić information content (AvgIpc) is 2.28. The van der Waals surface area contributed by atoms with Gasteiger partial charge in [0.05, 0.1) is 6.04 Å². The summed E-state index contributed by atoms with van der Waals surface area (Å²) < 4.78 is 0. The molecule has 1 aliphatic heterocycles. The van der Waals surface area contributed by atoms with Crippen LogP contribution in [0.25, 0.3) is 0 Å². The van der Waals surface area contributed by atoms with Crippen LogP contribution in [0.4, 0.5) is 0 Å². The van der Waals surface area contributed by atoms with Crippen LogP contribution in [0, 0.1) is 5.92 Å². The van der Waals surface area contributed by atoms with Crippen molar-refractivity contribution < 1.29 is 4.79 Å². The first kappa shape index (κ1) is 9.04. The van der Waals surface area contributed by atoms with Crippen LogP contribution in [0.1, 0.15) is 20.3 Å². The predicted octanol–water partition coefficient (Wildman–Crippen LogP) is 1.64. The van der Waals surface area contributed by atoms with Gasteiger partial charge in [-0.3, -0.25) is 0 Å². The molecule has 1 N–H and O–H groups in total. The number of aldehydes is 1. The Morgan fingerprint density at radius 1 is 1.67 bits per heavy atom. The molecule has 0 aromatic carbocycles. The molecule has 1 heterocycles. The van der Waals surface area contributed by atoms with Gasteiger partial charge in [-0.2, -0.15) is 0 Å². The van der Waals surface area contributed by atoms with Crippen LogP contribution in [-0.2, 0) is 4.79 Å². The summed E-state index contributed by atoms with van der Waals surface area (Å²) in [6.07, 6.45) is 7.76. The first-order valence-electron chi connectivity index (χ1n) is 4.32. The standard InChI is InChI=1S/C10H15NO/c1-8(2)9-3-4-10(7-12)11-6-5-9/h3,5-8,10-11H,4H2,1-2H3. The summed E-state index contributed by atoms with van der Waals surface area (Å²) in [7, 11) is 0. The Bertz CT molecular complexity index is 216. The third-order valence-electron chi connectivity index (χ3n) is 2.02. The molecule has 0 bridgehead atoms. The maximum absolute atomic E-state index is 10.5. The van der Waals surface area contributed by atoms with Gasteiger partial charge < -0.3 is 10.1 Å². The molecule has 12 heavy (non-hydrogen) atoms. The van der Waals surface area contributed by atoms with E-state index in [0.29, 0.717) is 5.92 Å². The number of hydrogen-bond acceptors (Lipinski definition) is 2. The van der Waals surface area contributed by atoms with E-state index in [1.54, 1.807) is 0 Å². The zero-order chi connectivity index (χ0) is 8.97. The third kappa shape index (κ3) is 2.22. The fraction of sp³-hybridized carbons (Fsp3) is 0.500. The third-order valence-corrected chi connectivity index (χ3v) is 2.02. The minimum absolute atomic E-state index is 0.0440. The van der Waals surface area contributed by atoms with Crippen molar-refractivity contribution in [3.63, 3.8) is 0 Å². The molecular weight excluding hydrogens is 150 g/mol. The van der Waals surface area contributed by atoms with Crippen molar-refractivity contribution >= 4 is 6.29 Å². The normalized spacial score (nSPS) is 22.9. The second-order valence-corrected chi connectivity index (χ2v) is 3.34. The molecule has 2 heteroatoms. The Morgan fingerprint density at radius 3 is 3.00 bits per heavy atom. The van der Waals surface area contributed by atoms with Gasteiger partial charge in [-0.25, -0.2) is 0 Å². The van der Waals surface area contributed by atoms with Crippen LogP contribution in [0.3, 0.4) is 0 Å². The van der Waals surface area contributed by atoms with Crippen LogP contribution in [0.2, 0.25) is 0 Å². The van der Waals surface area contributed by atoms with E-state index in [2.05, 4.69) is 25.2 Å². The molecule has 0 aromatic rings. The van der Waals surface area contributed by atoms with Crippen molar-refractivity contribution in [3.8, 4) is 0 Å². The van der Waals surface area contributed by atoms with Gasteiger partial charge in [0, 0.05) is 0 Å². The molecule has 2 nitrogen and oxygen atoms in total. The molecule has 0 fully saturated rings. The zero-order valence-electron chi connectivity index (χ0n) is 7.58. The van der Waals surface area contributed by atoms with Gasteiger partial charge in [-0.15, -0.1) is 0 Å². The van der Waals surface area contributed by atoms with E-state index < -0.39 is 0 Å². The fourth-order valence-electron chi connectivity index (χ4n) is 1.19. The number of hydrogen-bond donors (Lipinski definition) is 1. The summed E-state index contributed by atoms with van der Waals surface area (Å²) >= 11 is 0. The summed E-state index contributed by atoms with van der Waals surface area (Å²) in [6.45, 7) is 4.30. The lowest BCUT2D eigenvalue weighted by Crippen LogP contribution is -2.23. The largest absolute Gasteiger partial charge is 0.381 e. The van der Waals surface area contributed by atoms with E-state index in [4.69, 9.17) is 0 Å². The maximum Gasteiger partial charge on any atom is 0.142 e. The summed E-state index contributed by atoms with van der Waals surface area (Å²) in [5.41, 5.74) is 1.30. The summed E-state index contributed by atoms with van der Waals surface area (Å²) in [5, 5.41) is 3.02. The Labute approximate surface area is 73.4 Å². The van der Waals surface area contributed by atoms with Crippen molar-refractivity contribution in [3.05, 3.63) is 23.9 Å². The average molecular weight is 165 g/mol. The lowest BCUT2D eigenvalue weighted by atomic mass is 10.0. The van der Waals surface area contributed by atoms with Gasteiger partial charge in [0.25, 0.3) is 0 Å². The van der Waals surface area contributed by atoms with Crippen molar-refractivity contribution in [1.82, 2.24) is 5.32 Å². The fourth-order valence-corrected chi connectivity index (χ4v) is 1.19. The molecule has 0 amide bonds. The molecular formula is C10H15NO. The van der Waals surface area contributed by atoms with Crippen LogP contribution in [-0.4, -0.2) is 12.3 Å². The highest BCUT2D eigenvalue weighted by Crippen LogP contribution is 2.14. The minimum Gasteiger partial charge on any atom is -0.381 e. The predicted molar refractivity (Wildman–Crippen MR) is 49.7 cm³/mol. The first-order chi connectivity index (χ1) is 5.74. The number of rotatable bonds is 2. The molecule has 1 rings (SSSR count). The molecule has 1 aliphatic rings. The van der Waals surface area contributed by atoms with Gasteiger partial charge in [0.2, 0.25) is 0 Å². The molecule has 0 saturated heterocycles. The van der Waals surface area contributed by atoms with E-state index in [-0.39, 0.29) is 6.04 Å². The van der Waals surface area contributed by atoms with Crippen LogP contribution >= 0.6 is 0 Å². The molecule has 0 spiro atoms. The van der Waals surface area contributed by atoms with Crippen LogP contribution in [0.15, 0.2) is 23.9 Å². The Kier molecular flexibility index (Phi) is 3.09. The maximum atomic E-state index is 10.5. The first-order valence-corrected chi connectivity index (χ1v) is 4.32. The topological polar surface area (TPSA) is 29.1 Å². The van der Waals surface area contributed by atoms with Gasteiger partial charge in [-0.05, 0) is 30.2 Å². The highest BCUT2D eigenvalue weighted by atomic mass is 16.1. The Morgan fingerprint density at radius 2 is 2.42 bits per heavy atom. The Hall–Kier alpha value is -1.05. The summed E-state index contributed by atoms with van der Waals surface area (Å²) in [6, 6.07) is -0.0440. The highest BCUT2D eigenvalue weighted by Gasteiger charge is 2.07. The van der Waals surface area contributed by atoms with Crippen molar-refractivity contribution in [2.75, 3.05) is 0 Å². The minimum atomic E-state index is -0.0440. The summed E-state index contributed by atoms with van der Waals surface area (Å²) in [4.78, 5) is 10.5. The number of nitrogens with one attached hydrogen (secondary N) is 1. The number of carbonyl (C=O) groups is 1. The van der Waals surface area contributed by atoms with Gasteiger partial charge in [0.15, 0.2) is 0 Å². The van der Waals surface area contributed by atoms with Crippen molar-refractivity contribution in [2.24, 2.45) is 5.92 Å². The second-order valence-electron chi connectivity index (χ2n) is 3.34. The smallest absolute Gasteiger partial charge is 0.142 e. The lowest BCUT2D eigenvalue weighted by Gasteiger charge is -2.04. The van der Waals surface area contributed by atoms with E-state index >= 15 is 0 Å². The van der Waals surface area contributed by atoms with Gasteiger partial charge >= 0.3 is 0 Å². The Balaban J connectivity index is 2.66. The highest BCUT2D eigenvalue weighted by molar-refractivity contribution is 5.58. The van der Waals surface area contributed by atoms with Gasteiger partial charge in [-0.1, -0.05) is 19.9 Å². The number of carbonyl (C=O) groups excluding carboxylic acids is 1. The van der Waals surface area contributed by atoms with E-state index in [1.807, 2.05) is 12.3 Å². The van der Waals surface area contributed by atoms with Crippen LogP contribution in [0.5, 0.6) is 0 Å². The number of allylic oxidation sites excluding steroid dienone is 2. The molecule has 0 aromatic heterocycles. The molecule has 0 saturated carbocycles. The second kappa shape index (κ2) is 4.10. The molecule has 0 aliphatic carbocycles. The van der Waals surface area contributed by atoms with Gasteiger partial charge in [0.1, 0.15) is 6.29 Å². The van der Waals surface area contributed by atoms with Crippen molar-refractivity contribution in [1.29, 1.82) is 0 Å². The SMILES string of the molecule is CC(C)C1=CCC(C=O)NC=C1. The van der Waals surface area contributed by atoms with E-state index in [1.165, 1.54) is 5.57 Å². The molecule has 1 unspecified atom stereocenters. The summed E-state index contributed by atoms with van der Waals surface area (Å²) in [5.74, 6) is 0.536. The van der Waals surface area contributed by atoms with Crippen molar-refractivity contribution in [2.45, 2.75) is 26.3 Å². The monoisotopic (exact) mass is 165 g/mol. The molecule has 1 atom stereocenters. The van der Waals surface area contributed by atoms with E-state index in [9.17, 15) is 4.79 Å².